The van der Waals surface area contributed by atoms with Crippen LogP contribution in [-0.4, -0.2) is 0 Å². The molecule has 2 aliphatic rings. The van der Waals surface area contributed by atoms with E-state index in [9.17, 15) is 0 Å². The molecule has 0 N–H and O–H groups in total. The van der Waals surface area contributed by atoms with Crippen LogP contribution in [0.2, 0.25) is 0 Å². The Balaban J connectivity index is 0.000000311. The minimum absolute atomic E-state index is 0. The Morgan fingerprint density at radius 2 is 1.03 bits per heavy atom. The second-order valence-corrected chi connectivity index (χ2v) is 6.41. The Kier molecular flexibility index (Phi) is 15.2. The largest absolute Gasteiger partial charge is 4.00 e. The minimum atomic E-state index is 0. The van der Waals surface area contributed by atoms with Gasteiger partial charge < -0.3 is 12.2 Å². The van der Waals surface area contributed by atoms with Crippen LogP contribution in [0.25, 0.3) is 5.32 Å². The summed E-state index contributed by atoms with van der Waals surface area (Å²) in [5.41, 5.74) is 2.26. The van der Waals surface area contributed by atoms with Crippen LogP contribution >= 0.6 is 0 Å². The van der Waals surface area contributed by atoms with Crippen LogP contribution in [-0.2, 0) is 26.2 Å². The minimum Gasteiger partial charge on any atom is -0.680 e. The first kappa shape index (κ1) is 26.2. The third-order valence-electron chi connectivity index (χ3n) is 4.27. The van der Waals surface area contributed by atoms with Gasteiger partial charge in [-0.3, -0.25) is 0 Å². The van der Waals surface area contributed by atoms with Crippen molar-refractivity contribution in [2.45, 2.75) is 19.4 Å². The maximum absolute atomic E-state index is 4.84. The van der Waals surface area contributed by atoms with Gasteiger partial charge in [-0.2, -0.15) is 5.92 Å². The molecule has 1 nitrogen and oxygen atoms in total. The summed E-state index contributed by atoms with van der Waals surface area (Å²) in [7, 11) is 0. The molecule has 0 amide bonds. The maximum Gasteiger partial charge on any atom is 4.00 e. The van der Waals surface area contributed by atoms with Crippen LogP contribution in [0.15, 0.2) is 60.7 Å². The van der Waals surface area contributed by atoms with E-state index >= 15 is 0 Å². The van der Waals surface area contributed by atoms with Crippen LogP contribution in [0, 0.1) is 77.0 Å². The molecule has 2 heteroatoms. The van der Waals surface area contributed by atoms with Gasteiger partial charge in [-0.05, 0) is 64.2 Å². The molecule has 0 aromatic heterocycles. The first-order valence-electron chi connectivity index (χ1n) is 9.78. The second-order valence-electron chi connectivity index (χ2n) is 6.41. The first-order valence-corrected chi connectivity index (χ1v) is 9.78. The summed E-state index contributed by atoms with van der Waals surface area (Å²) >= 11 is 0. The first-order chi connectivity index (χ1) is 13.8. The monoisotopic (exact) mass is 457 g/mol. The molecule has 2 saturated carbocycles. The molecule has 0 heterocycles. The van der Waals surface area contributed by atoms with Crippen molar-refractivity contribution in [3.63, 3.8) is 0 Å². The molecule has 0 aliphatic heterocycles. The van der Waals surface area contributed by atoms with Gasteiger partial charge in [0.15, 0.2) is 0 Å². The molecular formula is C27H29NZr+2. The van der Waals surface area contributed by atoms with Crippen molar-refractivity contribution < 1.29 is 26.2 Å². The third kappa shape index (κ3) is 11.2. The van der Waals surface area contributed by atoms with Gasteiger partial charge >= 0.3 is 26.2 Å². The Morgan fingerprint density at radius 3 is 1.41 bits per heavy atom. The summed E-state index contributed by atoms with van der Waals surface area (Å²) < 4.78 is 0. The predicted molar refractivity (Wildman–Crippen MR) is 121 cm³/mol. The van der Waals surface area contributed by atoms with Crippen LogP contribution in [0.1, 0.15) is 24.9 Å². The smallest absolute Gasteiger partial charge is 0.680 e. The molecule has 2 aromatic rings. The molecule has 2 aliphatic carbocycles. The zero-order valence-corrected chi connectivity index (χ0v) is 19.5. The van der Waals surface area contributed by atoms with E-state index in [1.54, 1.807) is 0 Å². The summed E-state index contributed by atoms with van der Waals surface area (Å²) in [4.78, 5) is 0. The van der Waals surface area contributed by atoms with Crippen molar-refractivity contribution in [1.82, 2.24) is 0 Å². The van der Waals surface area contributed by atoms with Crippen LogP contribution in [0.5, 0.6) is 0 Å². The van der Waals surface area contributed by atoms with Crippen molar-refractivity contribution in [1.29, 1.82) is 0 Å². The van der Waals surface area contributed by atoms with Crippen LogP contribution < -0.4 is 0 Å². The molecule has 0 bridgehead atoms. The van der Waals surface area contributed by atoms with Gasteiger partial charge in [0, 0.05) is 0 Å². The second kappa shape index (κ2) is 16.9. The average Bonchev–Trinajstić information content (AvgIpc) is 3.52. The molecule has 10 radical (unpaired) electrons. The Hall–Kier alpha value is -0.877. The van der Waals surface area contributed by atoms with Gasteiger partial charge in [0.05, 0.1) is 0 Å². The van der Waals surface area contributed by atoms with Gasteiger partial charge in [0.2, 0.25) is 0 Å². The molecule has 2 atom stereocenters. The Bertz CT molecular complexity index is 565. The number of nitrogens with zero attached hydrogens (tertiary/aromatic N) is 1. The molecule has 0 saturated heterocycles. The fourth-order valence-corrected chi connectivity index (χ4v) is 2.64. The normalized spacial score (nSPS) is 16.9. The van der Waals surface area contributed by atoms with E-state index in [-0.39, 0.29) is 32.2 Å². The van der Waals surface area contributed by atoms with Crippen molar-refractivity contribution in [2.24, 2.45) is 5.92 Å². The average molecular weight is 459 g/mol. The van der Waals surface area contributed by atoms with Crippen LogP contribution in [0.3, 0.4) is 0 Å². The standard InChI is InChI=1S/C17H19N.2C5H5.Zr/c1-3-14(2)17(15-10-6-4-7-11-15)18-16-12-8-5-9-13-16;2*1-2-4-5-3-1;/h4-14,17H,2-3H2,1H3;2*1-5H;/q-2;;;+4/t14-,17+;;;/m1.../s1. The summed E-state index contributed by atoms with van der Waals surface area (Å²) in [6.45, 7) is 6.40. The zero-order valence-electron chi connectivity index (χ0n) is 17.1. The molecule has 144 valence electrons. The fourth-order valence-electron chi connectivity index (χ4n) is 2.64. The summed E-state index contributed by atoms with van der Waals surface area (Å²) in [5, 5.41) is 4.84. The van der Waals surface area contributed by atoms with E-state index in [4.69, 9.17) is 5.32 Å². The van der Waals surface area contributed by atoms with Crippen molar-refractivity contribution in [2.75, 3.05) is 0 Å². The summed E-state index contributed by atoms with van der Waals surface area (Å²) in [6, 6.07) is 20.7. The number of hydrogen-bond acceptors (Lipinski definition) is 0. The van der Waals surface area contributed by atoms with E-state index in [1.807, 2.05) is 101 Å². The molecule has 2 aromatic carbocycles. The third-order valence-corrected chi connectivity index (χ3v) is 4.27. The van der Waals surface area contributed by atoms with E-state index < -0.39 is 0 Å². The van der Waals surface area contributed by atoms with E-state index in [2.05, 4.69) is 38.1 Å². The predicted octanol–water partition coefficient (Wildman–Crippen LogP) is 7.33. The zero-order chi connectivity index (χ0) is 19.9. The summed E-state index contributed by atoms with van der Waals surface area (Å²) in [5.74, 6) is 0.299. The molecule has 29 heavy (non-hydrogen) atoms. The number of benzene rings is 2. The van der Waals surface area contributed by atoms with Crippen molar-refractivity contribution in [3.05, 3.63) is 143 Å². The number of para-hydroxylation sites is 1. The SMILES string of the molecule is [CH2-][C@H](CC)[C@H]([N-]c1ccccc1)c1ccccc1.[CH]1[CH][CH][CH][CH]1.[CH]1[CH][CH][CH][CH]1.[Zr+4]. The molecular weight excluding hydrogens is 430 g/mol. The van der Waals surface area contributed by atoms with Gasteiger partial charge in [-0.1, -0.05) is 79.6 Å². The van der Waals surface area contributed by atoms with E-state index in [0.29, 0.717) is 5.92 Å². The van der Waals surface area contributed by atoms with Crippen LogP contribution in [0.4, 0.5) is 5.69 Å². The number of hydrogen-bond donors (Lipinski definition) is 0. The van der Waals surface area contributed by atoms with Crippen molar-refractivity contribution >= 4 is 5.69 Å². The number of rotatable bonds is 5. The Morgan fingerprint density at radius 1 is 0.655 bits per heavy atom. The van der Waals surface area contributed by atoms with Crippen molar-refractivity contribution in [3.8, 4) is 0 Å². The Labute approximate surface area is 199 Å². The topological polar surface area (TPSA) is 14.1 Å². The fraction of sp³-hybridized carbons (Fsp3) is 0.148. The van der Waals surface area contributed by atoms with Gasteiger partial charge in [0.1, 0.15) is 0 Å². The quantitative estimate of drug-likeness (QED) is 0.416. The van der Waals surface area contributed by atoms with E-state index in [1.165, 1.54) is 5.56 Å². The van der Waals surface area contributed by atoms with Gasteiger partial charge in [-0.25, -0.2) is 0 Å². The van der Waals surface area contributed by atoms with E-state index in [0.717, 1.165) is 12.1 Å². The van der Waals surface area contributed by atoms with Gasteiger partial charge in [0.25, 0.3) is 0 Å². The molecule has 4 rings (SSSR count). The molecule has 0 spiro atoms. The van der Waals surface area contributed by atoms with Gasteiger partial charge in [-0.15, -0.1) is 11.7 Å². The maximum atomic E-state index is 4.84. The molecule has 2 fully saturated rings. The summed E-state index contributed by atoms with van der Waals surface area (Å²) in [6.07, 6.45) is 21.0. The molecule has 0 unspecified atom stereocenters.